The van der Waals surface area contributed by atoms with Gasteiger partial charge in [-0.2, -0.15) is 13.2 Å². The molecule has 2 rings (SSSR count). The third kappa shape index (κ3) is 3.31. The monoisotopic (exact) mass is 297 g/mol. The van der Waals surface area contributed by atoms with Crippen molar-refractivity contribution in [3.8, 4) is 11.5 Å². The zero-order valence-corrected chi connectivity index (χ0v) is 10.8. The maximum atomic E-state index is 13.0. The second-order valence-electron chi connectivity index (χ2n) is 4.30. The molecule has 0 saturated carbocycles. The summed E-state index contributed by atoms with van der Waals surface area (Å²) in [6.07, 6.45) is -4.75. The number of benzene rings is 2. The molecule has 0 N–H and O–H groups in total. The largest absolute Gasteiger partial charge is 0.456 e. The quantitative estimate of drug-likeness (QED) is 0.608. The first-order chi connectivity index (χ1) is 9.79. The molecule has 0 aliphatic carbocycles. The van der Waals surface area contributed by atoms with Gasteiger partial charge in [0, 0.05) is 12.1 Å². The van der Waals surface area contributed by atoms with Gasteiger partial charge >= 0.3 is 6.18 Å². The highest BCUT2D eigenvalue weighted by molar-refractivity contribution is 5.48. The molecule has 0 saturated heterocycles. The van der Waals surface area contributed by atoms with Crippen molar-refractivity contribution in [3.05, 3.63) is 63.7 Å². The molecule has 0 aromatic heterocycles. The Bertz CT molecular complexity index is 683. The van der Waals surface area contributed by atoms with Crippen molar-refractivity contribution in [2.45, 2.75) is 13.1 Å². The highest BCUT2D eigenvalue weighted by Gasteiger charge is 2.36. The lowest BCUT2D eigenvalue weighted by Crippen LogP contribution is -2.08. The Balaban J connectivity index is 2.48. The number of hydrogen-bond acceptors (Lipinski definition) is 3. The number of nitrogens with zero attached hydrogens (tertiary/aromatic N) is 1. The van der Waals surface area contributed by atoms with Crippen LogP contribution >= 0.6 is 0 Å². The number of rotatable bonds is 3. The standard InChI is InChI=1S/C14H10F3NO3/c1-9-4-2-3-5-12(9)21-13-7-6-10(18(19)20)8-11(13)14(15,16)17/h2-8H,1H3. The minimum absolute atomic E-state index is 0.261. The molecule has 110 valence electrons. The molecule has 4 nitrogen and oxygen atoms in total. The number of para-hydroxylation sites is 1. The Morgan fingerprint density at radius 1 is 1.10 bits per heavy atom. The average molecular weight is 297 g/mol. The summed E-state index contributed by atoms with van der Waals surface area (Å²) in [5.74, 6) is -0.209. The zero-order chi connectivity index (χ0) is 15.6. The van der Waals surface area contributed by atoms with E-state index < -0.39 is 28.1 Å². The van der Waals surface area contributed by atoms with E-state index in [1.807, 2.05) is 0 Å². The normalized spacial score (nSPS) is 11.2. The Kier molecular flexibility index (Phi) is 3.84. The maximum absolute atomic E-state index is 13.0. The highest BCUT2D eigenvalue weighted by atomic mass is 19.4. The van der Waals surface area contributed by atoms with Gasteiger partial charge in [0.2, 0.25) is 0 Å². The highest BCUT2D eigenvalue weighted by Crippen LogP contribution is 2.40. The summed E-state index contributed by atoms with van der Waals surface area (Å²) in [5, 5.41) is 10.6. The van der Waals surface area contributed by atoms with Crippen molar-refractivity contribution in [2.75, 3.05) is 0 Å². The minimum Gasteiger partial charge on any atom is -0.456 e. The first-order valence-electron chi connectivity index (χ1n) is 5.88. The summed E-state index contributed by atoms with van der Waals surface area (Å²) in [5.41, 5.74) is -1.16. The van der Waals surface area contributed by atoms with Crippen LogP contribution in [-0.2, 0) is 6.18 Å². The molecule has 0 aliphatic rings. The Labute approximate surface area is 117 Å². The summed E-state index contributed by atoms with van der Waals surface area (Å²) in [6.45, 7) is 1.69. The van der Waals surface area contributed by atoms with E-state index in [0.717, 1.165) is 12.1 Å². The van der Waals surface area contributed by atoms with Crippen molar-refractivity contribution in [2.24, 2.45) is 0 Å². The Morgan fingerprint density at radius 3 is 2.33 bits per heavy atom. The van der Waals surface area contributed by atoms with Crippen molar-refractivity contribution in [1.82, 2.24) is 0 Å². The van der Waals surface area contributed by atoms with E-state index in [1.54, 1.807) is 25.1 Å². The predicted octanol–water partition coefficient (Wildman–Crippen LogP) is 4.71. The number of aryl methyl sites for hydroxylation is 1. The van der Waals surface area contributed by atoms with Crippen LogP contribution in [0.5, 0.6) is 11.5 Å². The molecule has 0 spiro atoms. The maximum Gasteiger partial charge on any atom is 0.420 e. The number of ether oxygens (including phenoxy) is 1. The second kappa shape index (κ2) is 5.43. The lowest BCUT2D eigenvalue weighted by Gasteiger charge is -2.14. The van der Waals surface area contributed by atoms with Crippen LogP contribution in [0.15, 0.2) is 42.5 Å². The third-order valence-corrected chi connectivity index (χ3v) is 2.79. The summed E-state index contributed by atoms with van der Waals surface area (Å²) in [7, 11) is 0. The van der Waals surface area contributed by atoms with Gasteiger partial charge in [-0.15, -0.1) is 0 Å². The van der Waals surface area contributed by atoms with Gasteiger partial charge in [0.1, 0.15) is 17.1 Å². The molecule has 0 fully saturated rings. The van der Waals surface area contributed by atoms with Gasteiger partial charge in [-0.3, -0.25) is 10.1 Å². The average Bonchev–Trinajstić information content (AvgIpc) is 2.40. The van der Waals surface area contributed by atoms with E-state index in [-0.39, 0.29) is 5.75 Å². The van der Waals surface area contributed by atoms with Crippen molar-refractivity contribution < 1.29 is 22.8 Å². The molecule has 0 amide bonds. The zero-order valence-electron chi connectivity index (χ0n) is 10.8. The third-order valence-electron chi connectivity index (χ3n) is 2.79. The van der Waals surface area contributed by atoms with E-state index in [9.17, 15) is 23.3 Å². The topological polar surface area (TPSA) is 52.4 Å². The van der Waals surface area contributed by atoms with Crippen LogP contribution in [0, 0.1) is 17.0 Å². The van der Waals surface area contributed by atoms with Gasteiger partial charge < -0.3 is 4.74 Å². The molecule has 0 bridgehead atoms. The minimum atomic E-state index is -4.75. The van der Waals surface area contributed by atoms with E-state index in [4.69, 9.17) is 4.74 Å². The lowest BCUT2D eigenvalue weighted by molar-refractivity contribution is -0.385. The fourth-order valence-corrected chi connectivity index (χ4v) is 1.73. The molecule has 0 unspecified atom stereocenters. The van der Waals surface area contributed by atoms with Crippen LogP contribution in [0.25, 0.3) is 0 Å². The van der Waals surface area contributed by atoms with Crippen LogP contribution in [-0.4, -0.2) is 4.92 Å². The summed E-state index contributed by atoms with van der Waals surface area (Å²) >= 11 is 0. The van der Waals surface area contributed by atoms with Crippen molar-refractivity contribution in [3.63, 3.8) is 0 Å². The Morgan fingerprint density at radius 2 is 1.76 bits per heavy atom. The first kappa shape index (κ1) is 14.8. The summed E-state index contributed by atoms with van der Waals surface area (Å²) in [6, 6.07) is 8.96. The molecule has 7 heteroatoms. The van der Waals surface area contributed by atoms with Gasteiger partial charge in [0.05, 0.1) is 4.92 Å². The second-order valence-corrected chi connectivity index (χ2v) is 4.30. The first-order valence-corrected chi connectivity index (χ1v) is 5.88. The summed E-state index contributed by atoms with van der Waals surface area (Å²) < 4.78 is 44.2. The molecule has 2 aromatic carbocycles. The van der Waals surface area contributed by atoms with E-state index in [1.165, 1.54) is 6.07 Å². The number of non-ortho nitro benzene ring substituents is 1. The van der Waals surface area contributed by atoms with Crippen LogP contribution in [0.3, 0.4) is 0 Å². The molecular weight excluding hydrogens is 287 g/mol. The molecular formula is C14H10F3NO3. The van der Waals surface area contributed by atoms with E-state index >= 15 is 0 Å². The van der Waals surface area contributed by atoms with Crippen LogP contribution in [0.4, 0.5) is 18.9 Å². The molecule has 0 heterocycles. The van der Waals surface area contributed by atoms with Gasteiger partial charge in [0.15, 0.2) is 0 Å². The van der Waals surface area contributed by atoms with Gasteiger partial charge in [0.25, 0.3) is 5.69 Å². The fourth-order valence-electron chi connectivity index (χ4n) is 1.73. The van der Waals surface area contributed by atoms with Gasteiger partial charge in [-0.1, -0.05) is 18.2 Å². The number of nitro benzene ring substituents is 1. The van der Waals surface area contributed by atoms with Gasteiger partial charge in [-0.05, 0) is 24.6 Å². The van der Waals surface area contributed by atoms with Crippen molar-refractivity contribution >= 4 is 5.69 Å². The summed E-state index contributed by atoms with van der Waals surface area (Å²) in [4.78, 5) is 9.72. The fraction of sp³-hybridized carbons (Fsp3) is 0.143. The van der Waals surface area contributed by atoms with Gasteiger partial charge in [-0.25, -0.2) is 0 Å². The lowest BCUT2D eigenvalue weighted by atomic mass is 10.1. The predicted molar refractivity (Wildman–Crippen MR) is 69.4 cm³/mol. The molecule has 2 aromatic rings. The molecule has 0 aliphatic heterocycles. The SMILES string of the molecule is Cc1ccccc1Oc1ccc([N+](=O)[O-])cc1C(F)(F)F. The number of halogens is 3. The number of hydrogen-bond donors (Lipinski definition) is 0. The van der Waals surface area contributed by atoms with Crippen molar-refractivity contribution in [1.29, 1.82) is 0 Å². The molecule has 21 heavy (non-hydrogen) atoms. The van der Waals surface area contributed by atoms with Crippen LogP contribution in [0.1, 0.15) is 11.1 Å². The molecule has 0 atom stereocenters. The van der Waals surface area contributed by atoms with Crippen LogP contribution in [0.2, 0.25) is 0 Å². The Hall–Kier alpha value is -2.57. The van der Waals surface area contributed by atoms with E-state index in [0.29, 0.717) is 11.6 Å². The molecule has 0 radical (unpaired) electrons. The van der Waals surface area contributed by atoms with Crippen LogP contribution < -0.4 is 4.74 Å². The number of alkyl halides is 3. The van der Waals surface area contributed by atoms with E-state index in [2.05, 4.69) is 0 Å². The number of nitro groups is 1. The smallest absolute Gasteiger partial charge is 0.420 e.